The molecule has 7 heteroatoms. The fourth-order valence-corrected chi connectivity index (χ4v) is 3.74. The second-order valence-electron chi connectivity index (χ2n) is 5.86. The van der Waals surface area contributed by atoms with Gasteiger partial charge in [-0.3, -0.25) is 10.1 Å². The molecule has 0 saturated carbocycles. The summed E-state index contributed by atoms with van der Waals surface area (Å²) in [6.45, 7) is 8.68. The van der Waals surface area contributed by atoms with Gasteiger partial charge in [-0.05, 0) is 24.0 Å². The van der Waals surface area contributed by atoms with E-state index in [0.717, 1.165) is 0 Å². The largest absolute Gasteiger partial charge is 0.269 e. The molecule has 118 valence electrons. The molecule has 0 aromatic heterocycles. The summed E-state index contributed by atoms with van der Waals surface area (Å²) in [4.78, 5) is 10.2. The molecule has 0 fully saturated rings. The van der Waals surface area contributed by atoms with Crippen LogP contribution in [-0.4, -0.2) is 30.7 Å². The van der Waals surface area contributed by atoms with E-state index in [1.54, 1.807) is 0 Å². The summed E-state index contributed by atoms with van der Waals surface area (Å²) in [7, 11) is -3.62. The Morgan fingerprint density at radius 1 is 1.05 bits per heavy atom. The molecule has 1 aromatic rings. The van der Waals surface area contributed by atoms with Crippen LogP contribution in [0.25, 0.3) is 0 Å². The fraction of sp³-hybridized carbons (Fsp3) is 0.571. The quantitative estimate of drug-likeness (QED) is 0.572. The molecule has 6 nitrogen and oxygen atoms in total. The highest BCUT2D eigenvalue weighted by Crippen LogP contribution is 2.21. The number of hydrogen-bond acceptors (Lipinski definition) is 4. The van der Waals surface area contributed by atoms with Crippen molar-refractivity contribution < 1.29 is 13.3 Å². The van der Waals surface area contributed by atoms with Crippen molar-refractivity contribution in [1.82, 2.24) is 4.31 Å². The standard InChI is InChI=1S/C14H22N2O4S/c1-11(2)9-15(10-12(3)4)21(19,20)14-7-5-13(6-8-14)16(17)18/h5-8,11-12H,9-10H2,1-4H3. The minimum absolute atomic E-state index is 0.0920. The number of sulfonamides is 1. The maximum absolute atomic E-state index is 12.6. The summed E-state index contributed by atoms with van der Waals surface area (Å²) < 4.78 is 26.7. The van der Waals surface area contributed by atoms with Crippen LogP contribution in [0.3, 0.4) is 0 Å². The lowest BCUT2D eigenvalue weighted by Crippen LogP contribution is -2.37. The molecule has 0 amide bonds. The van der Waals surface area contributed by atoms with Gasteiger partial charge in [0.15, 0.2) is 0 Å². The Kier molecular flexibility index (Phi) is 5.86. The van der Waals surface area contributed by atoms with E-state index in [4.69, 9.17) is 0 Å². The molecule has 21 heavy (non-hydrogen) atoms. The topological polar surface area (TPSA) is 80.5 Å². The Labute approximate surface area is 126 Å². The normalized spacial score (nSPS) is 12.3. The average molecular weight is 314 g/mol. The van der Waals surface area contributed by atoms with Crippen LogP contribution in [0.1, 0.15) is 27.7 Å². The highest BCUT2D eigenvalue weighted by molar-refractivity contribution is 7.89. The van der Waals surface area contributed by atoms with E-state index in [9.17, 15) is 18.5 Å². The van der Waals surface area contributed by atoms with Gasteiger partial charge in [0.25, 0.3) is 5.69 Å². The van der Waals surface area contributed by atoms with E-state index in [1.807, 2.05) is 27.7 Å². The zero-order chi connectivity index (χ0) is 16.2. The van der Waals surface area contributed by atoms with E-state index >= 15 is 0 Å². The molecule has 0 aliphatic rings. The zero-order valence-electron chi connectivity index (χ0n) is 12.8. The first kappa shape index (κ1) is 17.6. The van der Waals surface area contributed by atoms with Gasteiger partial charge in [0.05, 0.1) is 9.82 Å². The van der Waals surface area contributed by atoms with E-state index in [1.165, 1.54) is 28.6 Å². The fourth-order valence-electron chi connectivity index (χ4n) is 1.97. The van der Waals surface area contributed by atoms with Gasteiger partial charge in [-0.15, -0.1) is 0 Å². The molecule has 0 saturated heterocycles. The van der Waals surface area contributed by atoms with Crippen LogP contribution in [0.15, 0.2) is 29.2 Å². The zero-order valence-corrected chi connectivity index (χ0v) is 13.6. The highest BCUT2D eigenvalue weighted by atomic mass is 32.2. The molecule has 1 rings (SSSR count). The summed E-state index contributed by atoms with van der Waals surface area (Å²) in [5, 5.41) is 10.6. The van der Waals surface area contributed by atoms with Crippen LogP contribution < -0.4 is 0 Å². The number of rotatable bonds is 7. The SMILES string of the molecule is CC(C)CN(CC(C)C)S(=O)(=O)c1ccc([N+](=O)[O-])cc1. The van der Waals surface area contributed by atoms with Crippen molar-refractivity contribution in [2.24, 2.45) is 11.8 Å². The maximum Gasteiger partial charge on any atom is 0.269 e. The van der Waals surface area contributed by atoms with Crippen molar-refractivity contribution in [2.75, 3.05) is 13.1 Å². The minimum Gasteiger partial charge on any atom is -0.258 e. The summed E-state index contributed by atoms with van der Waals surface area (Å²) >= 11 is 0. The van der Waals surface area contributed by atoms with Crippen LogP contribution in [-0.2, 0) is 10.0 Å². The Hall–Kier alpha value is -1.47. The van der Waals surface area contributed by atoms with Gasteiger partial charge in [-0.25, -0.2) is 8.42 Å². The summed E-state index contributed by atoms with van der Waals surface area (Å²) in [5.74, 6) is 0.410. The van der Waals surface area contributed by atoms with E-state index in [0.29, 0.717) is 13.1 Å². The molecule has 0 unspecified atom stereocenters. The lowest BCUT2D eigenvalue weighted by molar-refractivity contribution is -0.384. The van der Waals surface area contributed by atoms with Crippen LogP contribution in [0.5, 0.6) is 0 Å². The Balaban J connectivity index is 3.12. The second kappa shape index (κ2) is 7.00. The van der Waals surface area contributed by atoms with Crippen LogP contribution in [0.4, 0.5) is 5.69 Å². The number of nitrogens with zero attached hydrogens (tertiary/aromatic N) is 2. The van der Waals surface area contributed by atoms with Gasteiger partial charge in [-0.1, -0.05) is 27.7 Å². The number of non-ortho nitro benzene ring substituents is 1. The van der Waals surface area contributed by atoms with E-state index in [-0.39, 0.29) is 22.4 Å². The smallest absolute Gasteiger partial charge is 0.258 e. The molecular formula is C14H22N2O4S. The van der Waals surface area contributed by atoms with Gasteiger partial charge >= 0.3 is 0 Å². The van der Waals surface area contributed by atoms with E-state index < -0.39 is 14.9 Å². The number of hydrogen-bond donors (Lipinski definition) is 0. The van der Waals surface area contributed by atoms with E-state index in [2.05, 4.69) is 0 Å². The number of benzene rings is 1. The molecule has 0 aliphatic carbocycles. The van der Waals surface area contributed by atoms with Gasteiger partial charge in [-0.2, -0.15) is 4.31 Å². The highest BCUT2D eigenvalue weighted by Gasteiger charge is 2.26. The van der Waals surface area contributed by atoms with Gasteiger partial charge in [0.2, 0.25) is 10.0 Å². The molecule has 0 atom stereocenters. The van der Waals surface area contributed by atoms with Crippen molar-refractivity contribution in [1.29, 1.82) is 0 Å². The Morgan fingerprint density at radius 2 is 1.48 bits per heavy atom. The number of nitro groups is 1. The van der Waals surface area contributed by atoms with Crippen LogP contribution in [0, 0.1) is 22.0 Å². The van der Waals surface area contributed by atoms with Gasteiger partial charge in [0, 0.05) is 25.2 Å². The van der Waals surface area contributed by atoms with Crippen LogP contribution >= 0.6 is 0 Å². The second-order valence-corrected chi connectivity index (χ2v) is 7.80. The van der Waals surface area contributed by atoms with Crippen molar-refractivity contribution in [3.63, 3.8) is 0 Å². The summed E-state index contributed by atoms with van der Waals surface area (Å²) in [5.41, 5.74) is -0.117. The summed E-state index contributed by atoms with van der Waals surface area (Å²) in [6, 6.07) is 5.02. The third-order valence-corrected chi connectivity index (χ3v) is 4.67. The molecule has 0 aliphatic heterocycles. The van der Waals surface area contributed by atoms with Crippen molar-refractivity contribution >= 4 is 15.7 Å². The minimum atomic E-state index is -3.62. The number of nitro benzene ring substituents is 1. The Bertz CT molecular complexity index is 569. The molecule has 1 aromatic carbocycles. The predicted molar refractivity (Wildman–Crippen MR) is 81.5 cm³/mol. The molecule has 0 heterocycles. The Morgan fingerprint density at radius 3 is 1.81 bits per heavy atom. The maximum atomic E-state index is 12.6. The van der Waals surface area contributed by atoms with Crippen LogP contribution in [0.2, 0.25) is 0 Å². The van der Waals surface area contributed by atoms with Crippen molar-refractivity contribution in [3.8, 4) is 0 Å². The molecular weight excluding hydrogens is 292 g/mol. The van der Waals surface area contributed by atoms with Gasteiger partial charge < -0.3 is 0 Å². The lowest BCUT2D eigenvalue weighted by Gasteiger charge is -2.25. The molecule has 0 bridgehead atoms. The first-order chi connectivity index (χ1) is 9.64. The lowest BCUT2D eigenvalue weighted by atomic mass is 10.2. The first-order valence-corrected chi connectivity index (χ1v) is 8.33. The first-order valence-electron chi connectivity index (χ1n) is 6.89. The third-order valence-electron chi connectivity index (χ3n) is 2.82. The van der Waals surface area contributed by atoms with Gasteiger partial charge in [0.1, 0.15) is 0 Å². The van der Waals surface area contributed by atoms with Crippen molar-refractivity contribution in [2.45, 2.75) is 32.6 Å². The molecule has 0 radical (unpaired) electrons. The van der Waals surface area contributed by atoms with Crippen molar-refractivity contribution in [3.05, 3.63) is 34.4 Å². The third kappa shape index (κ3) is 4.78. The monoisotopic (exact) mass is 314 g/mol. The molecule has 0 spiro atoms. The molecule has 0 N–H and O–H groups in total. The average Bonchev–Trinajstić information content (AvgIpc) is 2.37. The predicted octanol–water partition coefficient (Wildman–Crippen LogP) is 2.90. The summed E-state index contributed by atoms with van der Waals surface area (Å²) in [6.07, 6.45) is 0.